The third kappa shape index (κ3) is 2.80. The van der Waals surface area contributed by atoms with Gasteiger partial charge >= 0.3 is 0 Å². The normalized spacial score (nSPS) is 13.2. The molecule has 8 rings (SSSR count). The fourth-order valence-electron chi connectivity index (χ4n) is 6.44. The molecule has 184 valence electrons. The molecule has 6 aromatic rings. The predicted octanol–water partition coefficient (Wildman–Crippen LogP) is 7.34. The van der Waals surface area contributed by atoms with Gasteiger partial charge in [0.25, 0.3) is 0 Å². The molecule has 0 saturated heterocycles. The van der Waals surface area contributed by atoms with Crippen LogP contribution in [0.4, 0.5) is 0 Å². The summed E-state index contributed by atoms with van der Waals surface area (Å²) < 4.78 is 8.90. The average molecular weight is 493 g/mol. The number of fused-ring (bicyclic) bond motifs is 2. The van der Waals surface area contributed by atoms with Crippen molar-refractivity contribution in [2.75, 3.05) is 0 Å². The molecule has 38 heavy (non-hydrogen) atoms. The number of hydrogen-bond acceptors (Lipinski definition) is 0. The van der Waals surface area contributed by atoms with Crippen molar-refractivity contribution >= 4 is 11.1 Å². The molecular weight excluding hydrogens is 464 g/mol. The van der Waals surface area contributed by atoms with Gasteiger partial charge in [0.2, 0.25) is 0 Å². The Labute approximate surface area is 222 Å². The summed E-state index contributed by atoms with van der Waals surface area (Å²) in [5.41, 5.74) is 18.7. The maximum atomic E-state index is 2.31. The number of hydrogen-bond donors (Lipinski definition) is 0. The third-order valence-corrected chi connectivity index (χ3v) is 8.41. The molecule has 0 spiro atoms. The van der Waals surface area contributed by atoms with Crippen molar-refractivity contribution in [2.45, 2.75) is 0 Å². The average Bonchev–Trinajstić information content (AvgIpc) is 3.40. The first-order valence-electron chi connectivity index (χ1n) is 13.1. The van der Waals surface area contributed by atoms with Gasteiger partial charge in [0.15, 0.2) is 0 Å². The standard InChI is InChI=1S/C34H28N4/c1-35-17-5-9-25(35)21-13-14-22(26-10-6-18-36(26)2)30-29(21)33(30)34-31-23(27-11-7-19-37(27)3)15-16-24(32(31)34)28-12-8-20-38(28)4/h5-20H,1-4H3. The minimum absolute atomic E-state index is 1.25. The first-order valence-corrected chi connectivity index (χ1v) is 13.1. The van der Waals surface area contributed by atoms with Gasteiger partial charge in [-0.15, -0.1) is 0 Å². The molecule has 0 unspecified atom stereocenters. The molecule has 0 aliphatic heterocycles. The zero-order chi connectivity index (χ0) is 25.7. The van der Waals surface area contributed by atoms with Crippen molar-refractivity contribution in [3.8, 4) is 45.0 Å². The highest BCUT2D eigenvalue weighted by molar-refractivity contribution is 6.31. The molecule has 2 aliphatic carbocycles. The van der Waals surface area contributed by atoms with Crippen LogP contribution in [0.5, 0.6) is 0 Å². The van der Waals surface area contributed by atoms with E-state index in [1.165, 1.54) is 78.4 Å². The van der Waals surface area contributed by atoms with Crippen LogP contribution in [-0.4, -0.2) is 18.3 Å². The largest absolute Gasteiger partial charge is 0.351 e. The lowest BCUT2D eigenvalue weighted by atomic mass is 10.1. The lowest BCUT2D eigenvalue weighted by Gasteiger charge is -2.06. The molecule has 2 aromatic carbocycles. The van der Waals surface area contributed by atoms with Crippen molar-refractivity contribution in [2.24, 2.45) is 28.2 Å². The van der Waals surface area contributed by atoms with E-state index in [1.54, 1.807) is 0 Å². The van der Waals surface area contributed by atoms with Crippen LogP contribution in [0.2, 0.25) is 0 Å². The van der Waals surface area contributed by atoms with Crippen LogP contribution in [0.15, 0.2) is 97.6 Å². The van der Waals surface area contributed by atoms with Gasteiger partial charge in [0.05, 0.1) is 0 Å². The fraction of sp³-hybridized carbons (Fsp3) is 0.118. The van der Waals surface area contributed by atoms with E-state index in [-0.39, 0.29) is 0 Å². The van der Waals surface area contributed by atoms with Crippen LogP contribution in [0, 0.1) is 0 Å². The Morgan fingerprint density at radius 3 is 0.763 bits per heavy atom. The quantitative estimate of drug-likeness (QED) is 0.245. The van der Waals surface area contributed by atoms with E-state index in [9.17, 15) is 0 Å². The van der Waals surface area contributed by atoms with Gasteiger partial charge in [-0.05, 0) is 48.5 Å². The minimum atomic E-state index is 1.25. The van der Waals surface area contributed by atoms with Gasteiger partial charge in [-0.2, -0.15) is 0 Å². The lowest BCUT2D eigenvalue weighted by Crippen LogP contribution is -1.91. The van der Waals surface area contributed by atoms with Gasteiger partial charge < -0.3 is 18.3 Å². The third-order valence-electron chi connectivity index (χ3n) is 8.41. The molecule has 4 aromatic heterocycles. The van der Waals surface area contributed by atoms with Gasteiger partial charge in [-0.1, -0.05) is 24.3 Å². The summed E-state index contributed by atoms with van der Waals surface area (Å²) in [6.07, 6.45) is 8.54. The molecule has 0 amide bonds. The van der Waals surface area contributed by atoms with Crippen LogP contribution in [0.1, 0.15) is 22.3 Å². The molecule has 4 heterocycles. The van der Waals surface area contributed by atoms with Crippen molar-refractivity contribution in [3.63, 3.8) is 0 Å². The van der Waals surface area contributed by atoms with Crippen molar-refractivity contribution in [1.29, 1.82) is 0 Å². The Hall–Kier alpha value is -4.70. The van der Waals surface area contributed by atoms with E-state index in [1.807, 2.05) is 0 Å². The molecule has 2 aliphatic rings. The Kier molecular flexibility index (Phi) is 4.18. The van der Waals surface area contributed by atoms with E-state index >= 15 is 0 Å². The molecule has 0 radical (unpaired) electrons. The first-order chi connectivity index (χ1) is 18.5. The highest BCUT2D eigenvalue weighted by Crippen LogP contribution is 2.65. The topological polar surface area (TPSA) is 19.7 Å². The van der Waals surface area contributed by atoms with Crippen LogP contribution in [-0.2, 0) is 28.2 Å². The summed E-state index contributed by atoms with van der Waals surface area (Å²) in [5, 5.41) is 0. The SMILES string of the molecule is Cn1cccc1-c1ccc(-c2cccn2C)c2c1C2=C1c2c(-c3cccn3C)ccc(-c3cccn3C)c21. The van der Waals surface area contributed by atoms with Crippen molar-refractivity contribution < 1.29 is 0 Å². The van der Waals surface area contributed by atoms with E-state index in [0.717, 1.165) is 0 Å². The smallest absolute Gasteiger partial charge is 0.0484 e. The maximum absolute atomic E-state index is 2.31. The molecule has 4 nitrogen and oxygen atoms in total. The fourth-order valence-corrected chi connectivity index (χ4v) is 6.44. The van der Waals surface area contributed by atoms with Crippen molar-refractivity contribution in [1.82, 2.24) is 18.3 Å². The second kappa shape index (κ2) is 7.42. The molecular formula is C34H28N4. The van der Waals surface area contributed by atoms with Crippen LogP contribution in [0.3, 0.4) is 0 Å². The van der Waals surface area contributed by atoms with Gasteiger partial charge in [0.1, 0.15) is 0 Å². The minimum Gasteiger partial charge on any atom is -0.351 e. The molecule has 4 heteroatoms. The van der Waals surface area contributed by atoms with Crippen molar-refractivity contribution in [3.05, 3.63) is 120 Å². The van der Waals surface area contributed by atoms with Gasteiger partial charge in [0, 0.05) is 131 Å². The van der Waals surface area contributed by atoms with Gasteiger partial charge in [-0.3, -0.25) is 0 Å². The van der Waals surface area contributed by atoms with Gasteiger partial charge in [-0.25, -0.2) is 0 Å². The Balaban J connectivity index is 1.41. The number of aryl methyl sites for hydroxylation is 4. The summed E-state index contributed by atoms with van der Waals surface area (Å²) in [6.45, 7) is 0. The highest BCUT2D eigenvalue weighted by atomic mass is 14.9. The number of nitrogens with zero attached hydrogens (tertiary/aromatic N) is 4. The van der Waals surface area contributed by atoms with Crippen LogP contribution < -0.4 is 0 Å². The van der Waals surface area contributed by atoms with E-state index < -0.39 is 0 Å². The molecule has 0 bridgehead atoms. The summed E-state index contributed by atoms with van der Waals surface area (Å²) >= 11 is 0. The van der Waals surface area contributed by atoms with E-state index in [2.05, 4.69) is 144 Å². The number of aromatic nitrogens is 4. The Morgan fingerprint density at radius 2 is 0.579 bits per heavy atom. The summed E-state index contributed by atoms with van der Waals surface area (Å²) in [7, 11) is 8.54. The monoisotopic (exact) mass is 492 g/mol. The molecule has 0 N–H and O–H groups in total. The predicted molar refractivity (Wildman–Crippen MR) is 156 cm³/mol. The zero-order valence-electron chi connectivity index (χ0n) is 22.0. The zero-order valence-corrected chi connectivity index (χ0v) is 22.0. The maximum Gasteiger partial charge on any atom is 0.0484 e. The molecule has 0 fully saturated rings. The second-order valence-corrected chi connectivity index (χ2v) is 10.6. The van der Waals surface area contributed by atoms with Crippen LogP contribution in [0.25, 0.3) is 56.2 Å². The molecule has 0 saturated carbocycles. The first kappa shape index (κ1) is 21.4. The van der Waals surface area contributed by atoms with E-state index in [0.29, 0.717) is 0 Å². The lowest BCUT2D eigenvalue weighted by molar-refractivity contribution is 0.935. The summed E-state index contributed by atoms with van der Waals surface area (Å²) in [4.78, 5) is 0. The van der Waals surface area contributed by atoms with E-state index in [4.69, 9.17) is 0 Å². The Morgan fingerprint density at radius 1 is 0.342 bits per heavy atom. The summed E-state index contributed by atoms with van der Waals surface area (Å²) in [6, 6.07) is 26.7. The Bertz CT molecular complexity index is 1680. The highest BCUT2D eigenvalue weighted by Gasteiger charge is 2.45. The number of benzene rings is 2. The number of rotatable bonds is 4. The van der Waals surface area contributed by atoms with Crippen LogP contribution >= 0.6 is 0 Å². The summed E-state index contributed by atoms with van der Waals surface area (Å²) in [5.74, 6) is 0. The molecule has 0 atom stereocenters. The second-order valence-electron chi connectivity index (χ2n) is 10.6.